The first kappa shape index (κ1) is 16.7. The Hall–Kier alpha value is -0.400. The summed E-state index contributed by atoms with van der Waals surface area (Å²) < 4.78 is 39.1. The number of hydrogen-bond donors (Lipinski definition) is 1. The molecule has 0 bridgehead atoms. The highest BCUT2D eigenvalue weighted by molar-refractivity contribution is 7.89. The molecule has 1 aromatic carbocycles. The van der Waals surface area contributed by atoms with E-state index >= 15 is 0 Å². The van der Waals surface area contributed by atoms with Gasteiger partial charge in [0.15, 0.2) is 0 Å². The summed E-state index contributed by atoms with van der Waals surface area (Å²) in [7, 11) is -2.19. The highest BCUT2D eigenvalue weighted by Gasteiger charge is 2.30. The molecule has 1 aliphatic rings. The van der Waals surface area contributed by atoms with Crippen LogP contribution in [0.3, 0.4) is 0 Å². The Morgan fingerprint density at radius 2 is 2.11 bits per heavy atom. The summed E-state index contributed by atoms with van der Waals surface area (Å²) in [4.78, 5) is -0.109. The molecular weight excluding hydrogens is 314 g/mol. The average Bonchev–Trinajstić information content (AvgIpc) is 2.79. The first-order chi connectivity index (χ1) is 8.41. The van der Waals surface area contributed by atoms with Crippen LogP contribution in [-0.2, 0) is 10.0 Å². The van der Waals surface area contributed by atoms with Gasteiger partial charge in [-0.1, -0.05) is 11.6 Å². The number of hydrogen-bond acceptors (Lipinski definition) is 3. The molecule has 4 nitrogen and oxygen atoms in total. The molecule has 19 heavy (non-hydrogen) atoms. The fraction of sp³-hybridized carbons (Fsp3) is 0.455. The fourth-order valence-electron chi connectivity index (χ4n) is 1.99. The van der Waals surface area contributed by atoms with Crippen LogP contribution < -0.4 is 5.32 Å². The molecule has 1 saturated heterocycles. The predicted molar refractivity (Wildman–Crippen MR) is 74.9 cm³/mol. The quantitative estimate of drug-likeness (QED) is 0.921. The van der Waals surface area contributed by atoms with Crippen LogP contribution >= 0.6 is 24.0 Å². The highest BCUT2D eigenvalue weighted by Crippen LogP contribution is 2.23. The van der Waals surface area contributed by atoms with Crippen LogP contribution in [-0.4, -0.2) is 38.9 Å². The van der Waals surface area contributed by atoms with Crippen LogP contribution in [0.2, 0.25) is 5.02 Å². The summed E-state index contributed by atoms with van der Waals surface area (Å²) in [6, 6.07) is 3.23. The van der Waals surface area contributed by atoms with Crippen molar-refractivity contribution in [1.29, 1.82) is 0 Å². The lowest BCUT2D eigenvalue weighted by molar-refractivity contribution is 0.387. The molecule has 0 amide bonds. The third kappa shape index (κ3) is 3.58. The number of benzene rings is 1. The van der Waals surface area contributed by atoms with E-state index in [9.17, 15) is 12.8 Å². The van der Waals surface area contributed by atoms with Gasteiger partial charge in [-0.3, -0.25) is 0 Å². The number of nitrogens with one attached hydrogen (secondary N) is 1. The number of halogens is 3. The van der Waals surface area contributed by atoms with Crippen LogP contribution in [0.1, 0.15) is 6.42 Å². The zero-order valence-electron chi connectivity index (χ0n) is 10.3. The van der Waals surface area contributed by atoms with Crippen molar-refractivity contribution >= 4 is 34.0 Å². The minimum Gasteiger partial charge on any atom is -0.315 e. The van der Waals surface area contributed by atoms with Gasteiger partial charge in [0.2, 0.25) is 10.0 Å². The molecule has 1 heterocycles. The molecule has 2 rings (SSSR count). The molecule has 1 unspecified atom stereocenters. The lowest BCUT2D eigenvalue weighted by atomic mass is 10.3. The fourth-order valence-corrected chi connectivity index (χ4v) is 3.72. The van der Waals surface area contributed by atoms with Crippen molar-refractivity contribution in [2.24, 2.45) is 0 Å². The van der Waals surface area contributed by atoms with Crippen molar-refractivity contribution in [1.82, 2.24) is 9.62 Å². The van der Waals surface area contributed by atoms with E-state index in [4.69, 9.17) is 11.6 Å². The van der Waals surface area contributed by atoms with E-state index < -0.39 is 15.8 Å². The number of nitrogens with zero attached hydrogens (tertiary/aromatic N) is 1. The van der Waals surface area contributed by atoms with E-state index in [1.165, 1.54) is 17.4 Å². The second kappa shape index (κ2) is 6.37. The van der Waals surface area contributed by atoms with Gasteiger partial charge >= 0.3 is 0 Å². The largest absolute Gasteiger partial charge is 0.315 e. The van der Waals surface area contributed by atoms with Crippen LogP contribution in [0.25, 0.3) is 0 Å². The van der Waals surface area contributed by atoms with Gasteiger partial charge in [0.25, 0.3) is 0 Å². The first-order valence-corrected chi connectivity index (χ1v) is 7.38. The van der Waals surface area contributed by atoms with Crippen molar-refractivity contribution in [3.63, 3.8) is 0 Å². The van der Waals surface area contributed by atoms with E-state index in [1.807, 2.05) is 0 Å². The maximum atomic E-state index is 13.2. The zero-order valence-corrected chi connectivity index (χ0v) is 12.7. The van der Waals surface area contributed by atoms with Gasteiger partial charge in [0, 0.05) is 24.7 Å². The molecule has 1 N–H and O–H groups in total. The smallest absolute Gasteiger partial charge is 0.243 e. The van der Waals surface area contributed by atoms with Gasteiger partial charge in [-0.25, -0.2) is 12.8 Å². The van der Waals surface area contributed by atoms with Gasteiger partial charge in [0.05, 0.1) is 4.90 Å². The summed E-state index contributed by atoms with van der Waals surface area (Å²) in [5.74, 6) is -0.654. The molecule has 8 heteroatoms. The van der Waals surface area contributed by atoms with Crippen LogP contribution in [0.15, 0.2) is 23.1 Å². The molecule has 1 atom stereocenters. The van der Waals surface area contributed by atoms with Gasteiger partial charge in [-0.05, 0) is 31.2 Å². The summed E-state index contributed by atoms with van der Waals surface area (Å²) in [6.45, 7) is 1.40. The lowest BCUT2D eigenvalue weighted by Crippen LogP contribution is -2.38. The normalized spacial score (nSPS) is 19.5. The van der Waals surface area contributed by atoms with E-state index in [-0.39, 0.29) is 28.4 Å². The molecule has 1 aromatic rings. The SMILES string of the molecule is CN(C1CCNC1)S(=O)(=O)c1cc(F)cc(Cl)c1.Cl. The molecule has 0 aromatic heterocycles. The predicted octanol–water partition coefficient (Wildman–Crippen LogP) is 1.88. The summed E-state index contributed by atoms with van der Waals surface area (Å²) in [5, 5.41) is 3.17. The van der Waals surface area contributed by atoms with E-state index in [2.05, 4.69) is 5.32 Å². The average molecular weight is 329 g/mol. The Balaban J connectivity index is 0.00000180. The lowest BCUT2D eigenvalue weighted by Gasteiger charge is -2.23. The first-order valence-electron chi connectivity index (χ1n) is 5.56. The van der Waals surface area contributed by atoms with Crippen molar-refractivity contribution < 1.29 is 12.8 Å². The summed E-state index contributed by atoms with van der Waals surface area (Å²) >= 11 is 5.69. The molecule has 0 radical (unpaired) electrons. The number of likely N-dealkylation sites (N-methyl/N-ethyl adjacent to an activating group) is 1. The molecule has 0 saturated carbocycles. The Morgan fingerprint density at radius 1 is 1.42 bits per heavy atom. The summed E-state index contributed by atoms with van der Waals surface area (Å²) in [5.41, 5.74) is 0. The Kier molecular flexibility index (Phi) is 5.58. The van der Waals surface area contributed by atoms with Gasteiger partial charge in [-0.15, -0.1) is 12.4 Å². The molecule has 108 valence electrons. The Bertz CT molecular complexity index is 527. The third-order valence-corrected chi connectivity index (χ3v) is 5.17. The monoisotopic (exact) mass is 328 g/mol. The standard InChI is InChI=1S/C11H14ClFN2O2S.ClH/c1-15(10-2-3-14-7-10)18(16,17)11-5-8(12)4-9(13)6-11;/h4-6,10,14H,2-3,7H2,1H3;1H. The molecule has 0 spiro atoms. The maximum absolute atomic E-state index is 13.2. The van der Waals surface area contributed by atoms with Crippen LogP contribution in [0, 0.1) is 5.82 Å². The van der Waals surface area contributed by atoms with E-state index in [0.29, 0.717) is 6.54 Å². The van der Waals surface area contributed by atoms with Crippen LogP contribution in [0.5, 0.6) is 0 Å². The number of rotatable bonds is 3. The Labute approximate surface area is 123 Å². The minimum atomic E-state index is -3.70. The topological polar surface area (TPSA) is 49.4 Å². The zero-order chi connectivity index (χ0) is 13.3. The molecule has 0 aliphatic carbocycles. The van der Waals surface area contributed by atoms with Crippen molar-refractivity contribution in [2.45, 2.75) is 17.4 Å². The maximum Gasteiger partial charge on any atom is 0.243 e. The van der Waals surface area contributed by atoms with Crippen molar-refractivity contribution in [3.8, 4) is 0 Å². The van der Waals surface area contributed by atoms with Gasteiger partial charge in [-0.2, -0.15) is 4.31 Å². The van der Waals surface area contributed by atoms with Gasteiger partial charge in [0.1, 0.15) is 5.82 Å². The second-order valence-corrected chi connectivity index (χ2v) is 6.71. The number of sulfonamides is 1. The molecule has 1 aliphatic heterocycles. The minimum absolute atomic E-state index is 0. The van der Waals surface area contributed by atoms with E-state index in [0.717, 1.165) is 25.1 Å². The molecular formula is C11H15Cl2FN2O2S. The third-order valence-electron chi connectivity index (χ3n) is 3.06. The second-order valence-electron chi connectivity index (χ2n) is 4.27. The van der Waals surface area contributed by atoms with E-state index in [1.54, 1.807) is 0 Å². The highest BCUT2D eigenvalue weighted by atomic mass is 35.5. The van der Waals surface area contributed by atoms with Crippen molar-refractivity contribution in [3.05, 3.63) is 29.0 Å². The summed E-state index contributed by atoms with van der Waals surface area (Å²) in [6.07, 6.45) is 0.749. The van der Waals surface area contributed by atoms with Crippen molar-refractivity contribution in [2.75, 3.05) is 20.1 Å². The molecule has 1 fully saturated rings. The van der Waals surface area contributed by atoms with Gasteiger partial charge < -0.3 is 5.32 Å². The Morgan fingerprint density at radius 3 is 2.63 bits per heavy atom. The van der Waals surface area contributed by atoms with Crippen LogP contribution in [0.4, 0.5) is 4.39 Å².